The number of nitro groups is 1. The van der Waals surface area contributed by atoms with E-state index in [4.69, 9.17) is 4.74 Å². The number of methoxy groups -OCH3 is 1. The molecule has 0 radical (unpaired) electrons. The monoisotopic (exact) mass is 265 g/mol. The van der Waals surface area contributed by atoms with Crippen molar-refractivity contribution in [2.45, 2.75) is 25.4 Å². The molecule has 2 unspecified atom stereocenters. The molecule has 0 aromatic heterocycles. The second kappa shape index (κ2) is 5.44. The van der Waals surface area contributed by atoms with Crippen molar-refractivity contribution in [3.63, 3.8) is 0 Å². The highest BCUT2D eigenvalue weighted by Crippen LogP contribution is 2.31. The molecule has 1 saturated heterocycles. The fourth-order valence-electron chi connectivity index (χ4n) is 2.43. The highest BCUT2D eigenvalue weighted by atomic mass is 16.6. The van der Waals surface area contributed by atoms with Gasteiger partial charge in [0.1, 0.15) is 5.75 Å². The van der Waals surface area contributed by atoms with Crippen LogP contribution in [0.4, 0.5) is 11.4 Å². The van der Waals surface area contributed by atoms with Crippen LogP contribution in [0.15, 0.2) is 18.2 Å². The molecule has 2 atom stereocenters. The van der Waals surface area contributed by atoms with E-state index in [0.717, 1.165) is 18.7 Å². The smallest absolute Gasteiger partial charge is 0.273 e. The summed E-state index contributed by atoms with van der Waals surface area (Å²) in [7, 11) is 3.62. The molecular weight excluding hydrogens is 246 g/mol. The average Bonchev–Trinajstić information content (AvgIpc) is 2.68. The molecule has 1 heterocycles. The quantitative estimate of drug-likeness (QED) is 0.667. The lowest BCUT2D eigenvalue weighted by molar-refractivity contribution is -0.384. The van der Waals surface area contributed by atoms with Gasteiger partial charge in [-0.25, -0.2) is 0 Å². The van der Waals surface area contributed by atoms with Crippen LogP contribution in [-0.2, 0) is 0 Å². The summed E-state index contributed by atoms with van der Waals surface area (Å²) in [5.41, 5.74) is 0.847. The van der Waals surface area contributed by atoms with Crippen LogP contribution in [0.25, 0.3) is 0 Å². The van der Waals surface area contributed by atoms with Gasteiger partial charge in [-0.05, 0) is 26.5 Å². The molecule has 0 amide bonds. The second-order valence-corrected chi connectivity index (χ2v) is 5.01. The Morgan fingerprint density at radius 1 is 1.53 bits per heavy atom. The van der Waals surface area contributed by atoms with Gasteiger partial charge in [-0.3, -0.25) is 10.1 Å². The molecule has 0 aliphatic carbocycles. The predicted octanol–water partition coefficient (Wildman–Crippen LogP) is 2.11. The van der Waals surface area contributed by atoms with E-state index in [1.165, 1.54) is 19.2 Å². The van der Waals surface area contributed by atoms with Crippen molar-refractivity contribution in [3.05, 3.63) is 28.3 Å². The number of hydrogen-bond donors (Lipinski definition) is 1. The maximum absolute atomic E-state index is 10.7. The van der Waals surface area contributed by atoms with Crippen molar-refractivity contribution in [1.29, 1.82) is 0 Å². The number of likely N-dealkylation sites (N-methyl/N-ethyl adjacent to an activating group) is 1. The Labute approximate surface area is 112 Å². The summed E-state index contributed by atoms with van der Waals surface area (Å²) in [6.07, 6.45) is 1.05. The lowest BCUT2D eigenvalue weighted by Gasteiger charge is -2.16. The van der Waals surface area contributed by atoms with Crippen LogP contribution < -0.4 is 10.1 Å². The largest absolute Gasteiger partial charge is 0.494 e. The van der Waals surface area contributed by atoms with Gasteiger partial charge < -0.3 is 15.0 Å². The van der Waals surface area contributed by atoms with E-state index in [0.29, 0.717) is 17.8 Å². The van der Waals surface area contributed by atoms with E-state index in [-0.39, 0.29) is 5.69 Å². The van der Waals surface area contributed by atoms with Crippen molar-refractivity contribution in [2.24, 2.45) is 0 Å². The Bertz CT molecular complexity index is 468. The van der Waals surface area contributed by atoms with E-state index in [1.54, 1.807) is 6.07 Å². The van der Waals surface area contributed by atoms with Gasteiger partial charge in [0.15, 0.2) is 0 Å². The summed E-state index contributed by atoms with van der Waals surface area (Å²) in [5.74, 6) is 0.511. The van der Waals surface area contributed by atoms with Gasteiger partial charge in [0.2, 0.25) is 0 Å². The van der Waals surface area contributed by atoms with Crippen molar-refractivity contribution in [2.75, 3.05) is 26.0 Å². The summed E-state index contributed by atoms with van der Waals surface area (Å²) >= 11 is 0. The number of benzene rings is 1. The van der Waals surface area contributed by atoms with E-state index in [1.807, 2.05) is 0 Å². The number of rotatable bonds is 4. The van der Waals surface area contributed by atoms with Crippen LogP contribution in [-0.4, -0.2) is 42.6 Å². The maximum atomic E-state index is 10.7. The number of nitro benzene ring substituents is 1. The summed E-state index contributed by atoms with van der Waals surface area (Å²) in [6, 6.07) is 5.54. The maximum Gasteiger partial charge on any atom is 0.273 e. The molecule has 0 bridgehead atoms. The molecule has 1 aliphatic rings. The van der Waals surface area contributed by atoms with Gasteiger partial charge in [0, 0.05) is 24.7 Å². The van der Waals surface area contributed by atoms with Crippen LogP contribution in [0.3, 0.4) is 0 Å². The van der Waals surface area contributed by atoms with Crippen molar-refractivity contribution >= 4 is 11.4 Å². The highest BCUT2D eigenvalue weighted by molar-refractivity contribution is 5.61. The summed E-state index contributed by atoms with van der Waals surface area (Å²) < 4.78 is 5.22. The van der Waals surface area contributed by atoms with Crippen LogP contribution >= 0.6 is 0 Å². The standard InChI is InChI=1S/C13H19N3O3/c1-9-6-10(8-15(9)2)14-12-5-4-11(16(17)18)7-13(12)19-3/h4-5,7,9-10,14H,6,8H2,1-3H3. The Balaban J connectivity index is 2.14. The van der Waals surface area contributed by atoms with E-state index in [2.05, 4.69) is 24.2 Å². The molecule has 0 saturated carbocycles. The number of nitrogens with one attached hydrogen (secondary N) is 1. The Morgan fingerprint density at radius 3 is 2.79 bits per heavy atom. The molecule has 6 nitrogen and oxygen atoms in total. The molecule has 1 aliphatic heterocycles. The number of ether oxygens (including phenoxy) is 1. The molecule has 1 aromatic carbocycles. The van der Waals surface area contributed by atoms with Crippen LogP contribution in [0.2, 0.25) is 0 Å². The van der Waals surface area contributed by atoms with Gasteiger partial charge >= 0.3 is 0 Å². The third-order valence-electron chi connectivity index (χ3n) is 3.64. The van der Waals surface area contributed by atoms with Crippen molar-refractivity contribution in [3.8, 4) is 5.75 Å². The molecule has 1 N–H and O–H groups in total. The first-order valence-electron chi connectivity index (χ1n) is 6.30. The van der Waals surface area contributed by atoms with E-state index < -0.39 is 4.92 Å². The average molecular weight is 265 g/mol. The molecule has 104 valence electrons. The summed E-state index contributed by atoms with van der Waals surface area (Å²) in [6.45, 7) is 3.15. The van der Waals surface area contributed by atoms with Crippen LogP contribution in [0.5, 0.6) is 5.75 Å². The van der Waals surface area contributed by atoms with Gasteiger partial charge in [-0.15, -0.1) is 0 Å². The topological polar surface area (TPSA) is 67.6 Å². The number of nitrogens with zero attached hydrogens (tertiary/aromatic N) is 2. The van der Waals surface area contributed by atoms with Gasteiger partial charge in [0.05, 0.1) is 23.8 Å². The highest BCUT2D eigenvalue weighted by Gasteiger charge is 2.26. The van der Waals surface area contributed by atoms with Gasteiger partial charge in [-0.2, -0.15) is 0 Å². The van der Waals surface area contributed by atoms with Crippen molar-refractivity contribution in [1.82, 2.24) is 4.90 Å². The normalized spacial score (nSPS) is 23.3. The summed E-state index contributed by atoms with van der Waals surface area (Å²) in [5, 5.41) is 14.1. The number of non-ortho nitro benzene ring substituents is 1. The molecule has 1 fully saturated rings. The zero-order chi connectivity index (χ0) is 14.0. The Hall–Kier alpha value is -1.82. The molecule has 1 aromatic rings. The van der Waals surface area contributed by atoms with Gasteiger partial charge in [-0.1, -0.05) is 0 Å². The van der Waals surface area contributed by atoms with Crippen LogP contribution in [0.1, 0.15) is 13.3 Å². The Morgan fingerprint density at radius 2 is 2.26 bits per heavy atom. The minimum Gasteiger partial charge on any atom is -0.494 e. The minimum atomic E-state index is -0.419. The first-order chi connectivity index (χ1) is 9.01. The molecule has 0 spiro atoms. The number of hydrogen-bond acceptors (Lipinski definition) is 5. The van der Waals surface area contributed by atoms with E-state index >= 15 is 0 Å². The fourth-order valence-corrected chi connectivity index (χ4v) is 2.43. The second-order valence-electron chi connectivity index (χ2n) is 5.01. The number of likely N-dealkylation sites (tertiary alicyclic amines) is 1. The first-order valence-corrected chi connectivity index (χ1v) is 6.30. The first kappa shape index (κ1) is 13.6. The number of anilines is 1. The zero-order valence-corrected chi connectivity index (χ0v) is 11.4. The third-order valence-corrected chi connectivity index (χ3v) is 3.64. The van der Waals surface area contributed by atoms with Gasteiger partial charge in [0.25, 0.3) is 5.69 Å². The fraction of sp³-hybridized carbons (Fsp3) is 0.538. The zero-order valence-electron chi connectivity index (χ0n) is 11.4. The third kappa shape index (κ3) is 2.96. The SMILES string of the molecule is COc1cc([N+](=O)[O-])ccc1NC1CC(C)N(C)C1. The molecule has 2 rings (SSSR count). The minimum absolute atomic E-state index is 0.0410. The van der Waals surface area contributed by atoms with E-state index in [9.17, 15) is 10.1 Å². The Kier molecular flexibility index (Phi) is 3.90. The lowest BCUT2D eigenvalue weighted by Crippen LogP contribution is -2.25. The molecule has 6 heteroatoms. The van der Waals surface area contributed by atoms with Crippen molar-refractivity contribution < 1.29 is 9.66 Å². The summed E-state index contributed by atoms with van der Waals surface area (Å²) in [4.78, 5) is 12.6. The lowest BCUT2D eigenvalue weighted by atomic mass is 10.1. The van der Waals surface area contributed by atoms with Crippen LogP contribution in [0, 0.1) is 10.1 Å². The predicted molar refractivity (Wildman–Crippen MR) is 73.8 cm³/mol. The molecular formula is C13H19N3O3. The molecule has 19 heavy (non-hydrogen) atoms.